The van der Waals surface area contributed by atoms with E-state index in [1.54, 1.807) is 0 Å². The molecule has 4 aliphatic carbocycles. The number of rotatable bonds is 2. The van der Waals surface area contributed by atoms with Crippen LogP contribution in [-0.4, -0.2) is 21.9 Å². The third-order valence-corrected chi connectivity index (χ3v) is 9.26. The third kappa shape index (κ3) is 2.50. The van der Waals surface area contributed by atoms with Crippen molar-refractivity contribution in [1.82, 2.24) is 0 Å². The van der Waals surface area contributed by atoms with Crippen molar-refractivity contribution in [1.29, 1.82) is 0 Å². The fourth-order valence-corrected chi connectivity index (χ4v) is 8.36. The van der Waals surface area contributed by atoms with Crippen molar-refractivity contribution in [3.63, 3.8) is 0 Å². The highest BCUT2D eigenvalue weighted by atomic mass is 16.3. The summed E-state index contributed by atoms with van der Waals surface area (Å²) in [7, 11) is 0. The van der Waals surface area contributed by atoms with Crippen LogP contribution in [0.4, 0.5) is 0 Å². The van der Waals surface area contributed by atoms with Crippen LogP contribution >= 0.6 is 0 Å². The molecule has 0 aliphatic heterocycles. The SMILES string of the molecule is CC[C@]12CC[C@H]3[C@@H](CC[C@@H]4C[C@](C)(O)CC[C@@H]43)[C@@H]1CC[C@@H]2C(C)O. The van der Waals surface area contributed by atoms with Crippen LogP contribution in [0.25, 0.3) is 0 Å². The molecule has 2 N–H and O–H groups in total. The highest BCUT2D eigenvalue weighted by Crippen LogP contribution is 2.66. The number of aliphatic hydroxyl groups excluding tert-OH is 1. The molecule has 4 aliphatic rings. The molecule has 0 bridgehead atoms. The zero-order valence-corrected chi connectivity index (χ0v) is 16.0. The Morgan fingerprint density at radius 2 is 1.71 bits per heavy atom. The van der Waals surface area contributed by atoms with Crippen molar-refractivity contribution >= 4 is 0 Å². The molecule has 9 atom stereocenters. The van der Waals surface area contributed by atoms with Gasteiger partial charge in [-0.25, -0.2) is 0 Å². The highest BCUT2D eigenvalue weighted by molar-refractivity contribution is 5.08. The quantitative estimate of drug-likeness (QED) is 0.763. The lowest BCUT2D eigenvalue weighted by Crippen LogP contribution is -2.51. The summed E-state index contributed by atoms with van der Waals surface area (Å²) in [6, 6.07) is 0. The van der Waals surface area contributed by atoms with Gasteiger partial charge in [-0.05, 0) is 119 Å². The van der Waals surface area contributed by atoms with Gasteiger partial charge in [-0.2, -0.15) is 0 Å². The van der Waals surface area contributed by atoms with Crippen LogP contribution in [-0.2, 0) is 0 Å². The molecule has 24 heavy (non-hydrogen) atoms. The van der Waals surface area contributed by atoms with Crippen LogP contribution in [0.3, 0.4) is 0 Å². The summed E-state index contributed by atoms with van der Waals surface area (Å²) in [6.45, 7) is 6.48. The summed E-state index contributed by atoms with van der Waals surface area (Å²) in [6.07, 6.45) is 12.5. The molecule has 4 rings (SSSR count). The van der Waals surface area contributed by atoms with E-state index < -0.39 is 5.60 Å². The Morgan fingerprint density at radius 1 is 0.958 bits per heavy atom. The van der Waals surface area contributed by atoms with E-state index in [1.807, 2.05) is 6.92 Å². The van der Waals surface area contributed by atoms with Gasteiger partial charge >= 0.3 is 0 Å². The van der Waals surface area contributed by atoms with Gasteiger partial charge in [-0.1, -0.05) is 6.92 Å². The van der Waals surface area contributed by atoms with Gasteiger partial charge in [0.05, 0.1) is 11.7 Å². The summed E-state index contributed by atoms with van der Waals surface area (Å²) in [5, 5.41) is 20.9. The first kappa shape index (κ1) is 17.3. The Kier molecular flexibility index (Phi) is 4.32. The number of fused-ring (bicyclic) bond motifs is 5. The van der Waals surface area contributed by atoms with E-state index in [2.05, 4.69) is 13.8 Å². The van der Waals surface area contributed by atoms with Gasteiger partial charge in [0.2, 0.25) is 0 Å². The molecule has 0 spiro atoms. The average molecular weight is 335 g/mol. The molecular formula is C22H38O2. The van der Waals surface area contributed by atoms with Gasteiger partial charge in [-0.3, -0.25) is 0 Å². The Hall–Kier alpha value is -0.0800. The average Bonchev–Trinajstić information content (AvgIpc) is 2.93. The van der Waals surface area contributed by atoms with E-state index in [9.17, 15) is 10.2 Å². The van der Waals surface area contributed by atoms with Gasteiger partial charge in [0.15, 0.2) is 0 Å². The molecule has 0 saturated heterocycles. The molecule has 0 heterocycles. The standard InChI is InChI=1S/C22H38O2/c1-4-22-12-10-17-16-9-11-21(3,24)13-15(16)5-6-18(17)20(22)8-7-19(22)14(2)23/h14-20,23-24H,4-13H2,1-3H3/t14?,15-,16+,17-,18-,19-,20+,21-,22-/m1/s1. The maximum atomic E-state index is 10.5. The van der Waals surface area contributed by atoms with Gasteiger partial charge < -0.3 is 10.2 Å². The molecule has 4 saturated carbocycles. The lowest BCUT2D eigenvalue weighted by molar-refractivity contribution is -0.112. The minimum absolute atomic E-state index is 0.132. The largest absolute Gasteiger partial charge is 0.393 e. The van der Waals surface area contributed by atoms with Crippen LogP contribution in [0.2, 0.25) is 0 Å². The minimum atomic E-state index is -0.402. The molecule has 2 nitrogen and oxygen atoms in total. The second kappa shape index (κ2) is 5.98. The van der Waals surface area contributed by atoms with E-state index in [1.165, 1.54) is 51.4 Å². The highest BCUT2D eigenvalue weighted by Gasteiger charge is 2.59. The second-order valence-electron chi connectivity index (χ2n) is 10.2. The fourth-order valence-electron chi connectivity index (χ4n) is 8.36. The molecule has 0 radical (unpaired) electrons. The molecule has 0 aromatic heterocycles. The Labute approximate surface area is 148 Å². The summed E-state index contributed by atoms with van der Waals surface area (Å²) < 4.78 is 0. The van der Waals surface area contributed by atoms with Crippen molar-refractivity contribution in [3.8, 4) is 0 Å². The topological polar surface area (TPSA) is 40.5 Å². The Bertz CT molecular complexity index is 471. The molecule has 0 amide bonds. The van der Waals surface area contributed by atoms with E-state index in [0.29, 0.717) is 11.3 Å². The van der Waals surface area contributed by atoms with Crippen molar-refractivity contribution in [2.45, 2.75) is 96.7 Å². The van der Waals surface area contributed by atoms with Gasteiger partial charge in [0, 0.05) is 0 Å². The maximum absolute atomic E-state index is 10.5. The lowest BCUT2D eigenvalue weighted by atomic mass is 9.48. The van der Waals surface area contributed by atoms with Crippen LogP contribution in [0.1, 0.15) is 85.0 Å². The van der Waals surface area contributed by atoms with Crippen molar-refractivity contribution in [2.24, 2.45) is 40.9 Å². The molecular weight excluding hydrogens is 296 g/mol. The van der Waals surface area contributed by atoms with E-state index in [-0.39, 0.29) is 6.10 Å². The first-order valence-electron chi connectivity index (χ1n) is 10.8. The number of hydrogen-bond donors (Lipinski definition) is 2. The summed E-state index contributed by atoms with van der Waals surface area (Å²) >= 11 is 0. The predicted molar refractivity (Wildman–Crippen MR) is 97.5 cm³/mol. The zero-order chi connectivity index (χ0) is 17.1. The summed E-state index contributed by atoms with van der Waals surface area (Å²) in [5.74, 6) is 4.88. The van der Waals surface area contributed by atoms with Gasteiger partial charge in [0.25, 0.3) is 0 Å². The normalized spacial score (nSPS) is 55.4. The first-order valence-corrected chi connectivity index (χ1v) is 10.8. The number of aliphatic hydroxyl groups is 2. The van der Waals surface area contributed by atoms with Crippen LogP contribution in [0.15, 0.2) is 0 Å². The molecule has 138 valence electrons. The van der Waals surface area contributed by atoms with Crippen LogP contribution in [0.5, 0.6) is 0 Å². The van der Waals surface area contributed by atoms with Crippen LogP contribution < -0.4 is 0 Å². The summed E-state index contributed by atoms with van der Waals surface area (Å²) in [4.78, 5) is 0. The molecule has 0 aromatic carbocycles. The second-order valence-corrected chi connectivity index (χ2v) is 10.2. The zero-order valence-electron chi connectivity index (χ0n) is 16.0. The van der Waals surface area contributed by atoms with Crippen molar-refractivity contribution < 1.29 is 10.2 Å². The molecule has 1 unspecified atom stereocenters. The van der Waals surface area contributed by atoms with Gasteiger partial charge in [0.1, 0.15) is 0 Å². The lowest BCUT2D eigenvalue weighted by Gasteiger charge is -2.58. The number of hydrogen-bond acceptors (Lipinski definition) is 2. The van der Waals surface area contributed by atoms with E-state index in [4.69, 9.17) is 0 Å². The predicted octanol–water partition coefficient (Wildman–Crippen LogP) is 4.78. The Balaban J connectivity index is 1.57. The molecule has 0 aromatic rings. The summed E-state index contributed by atoms with van der Waals surface area (Å²) in [5.41, 5.74) is 0.0307. The smallest absolute Gasteiger partial charge is 0.0622 e. The van der Waals surface area contributed by atoms with Gasteiger partial charge in [-0.15, -0.1) is 0 Å². The van der Waals surface area contributed by atoms with E-state index >= 15 is 0 Å². The molecule has 2 heteroatoms. The van der Waals surface area contributed by atoms with Crippen LogP contribution in [0, 0.1) is 40.9 Å². The maximum Gasteiger partial charge on any atom is 0.0622 e. The Morgan fingerprint density at radius 3 is 2.42 bits per heavy atom. The van der Waals surface area contributed by atoms with Crippen molar-refractivity contribution in [3.05, 3.63) is 0 Å². The monoisotopic (exact) mass is 334 g/mol. The molecule has 4 fully saturated rings. The van der Waals surface area contributed by atoms with E-state index in [0.717, 1.165) is 42.4 Å². The van der Waals surface area contributed by atoms with Crippen molar-refractivity contribution in [2.75, 3.05) is 0 Å². The minimum Gasteiger partial charge on any atom is -0.393 e. The third-order valence-electron chi connectivity index (χ3n) is 9.26. The first-order chi connectivity index (χ1) is 11.4. The fraction of sp³-hybridized carbons (Fsp3) is 1.00.